The number of benzene rings is 1. The van der Waals surface area contributed by atoms with Crippen LogP contribution in [0, 0.1) is 0 Å². The lowest BCUT2D eigenvalue weighted by Gasteiger charge is -2.22. The van der Waals surface area contributed by atoms with Crippen LogP contribution in [-0.4, -0.2) is 25.2 Å². The van der Waals surface area contributed by atoms with E-state index < -0.39 is 6.09 Å². The van der Waals surface area contributed by atoms with Crippen molar-refractivity contribution in [2.24, 2.45) is 0 Å². The Morgan fingerprint density at radius 2 is 1.92 bits per heavy atom. The monoisotopic (exact) mass is 392 g/mol. The number of aromatic nitrogens is 1. The second kappa shape index (κ2) is 7.21. The van der Waals surface area contributed by atoms with Gasteiger partial charge in [0.1, 0.15) is 11.6 Å². The van der Waals surface area contributed by atoms with Gasteiger partial charge < -0.3 is 9.47 Å². The van der Waals surface area contributed by atoms with Gasteiger partial charge in [-0.05, 0) is 35.2 Å². The molecule has 5 nitrogen and oxygen atoms in total. The van der Waals surface area contributed by atoms with Gasteiger partial charge in [0.05, 0.1) is 7.11 Å². The minimum absolute atomic E-state index is 0.0680. The van der Waals surface area contributed by atoms with Crippen molar-refractivity contribution in [2.45, 2.75) is 26.2 Å². The minimum Gasteiger partial charge on any atom is -0.481 e. The van der Waals surface area contributed by atoms with Crippen LogP contribution in [0.2, 0.25) is 0 Å². The van der Waals surface area contributed by atoms with Crippen molar-refractivity contribution in [3.8, 4) is 11.6 Å². The van der Waals surface area contributed by atoms with Crippen molar-refractivity contribution in [3.05, 3.63) is 46.4 Å². The molecule has 0 aliphatic rings. The number of carbonyl (C=O) groups excluding carboxylic acids is 1. The Balaban J connectivity index is 2.20. The summed E-state index contributed by atoms with van der Waals surface area (Å²) in [5.74, 6) is 1.38. The molecule has 2 rings (SSSR count). The van der Waals surface area contributed by atoms with Gasteiger partial charge in [0.2, 0.25) is 5.88 Å². The molecule has 1 aromatic carbocycles. The summed E-state index contributed by atoms with van der Waals surface area (Å²) >= 11 is 3.54. The number of amides is 1. The molecule has 2 aromatic rings. The summed E-state index contributed by atoms with van der Waals surface area (Å²) in [5.41, 5.74) is 0.997. The third kappa shape index (κ3) is 4.26. The number of hydrogen-bond donors (Lipinski definition) is 0. The molecule has 24 heavy (non-hydrogen) atoms. The second-order valence-corrected chi connectivity index (χ2v) is 7.21. The van der Waals surface area contributed by atoms with E-state index >= 15 is 0 Å². The highest BCUT2D eigenvalue weighted by atomic mass is 79.9. The lowest BCUT2D eigenvalue weighted by Crippen LogP contribution is -2.30. The maximum atomic E-state index is 12.4. The highest BCUT2D eigenvalue weighted by Crippen LogP contribution is 2.33. The largest absolute Gasteiger partial charge is 0.481 e. The van der Waals surface area contributed by atoms with Crippen LogP contribution < -0.4 is 14.4 Å². The summed E-state index contributed by atoms with van der Waals surface area (Å²) in [6, 6.07) is 10.7. The summed E-state index contributed by atoms with van der Waals surface area (Å²) in [5, 5.41) is 0. The lowest BCUT2D eigenvalue weighted by molar-refractivity contribution is 0.208. The van der Waals surface area contributed by atoms with Crippen molar-refractivity contribution >= 4 is 27.8 Å². The van der Waals surface area contributed by atoms with Crippen molar-refractivity contribution in [2.75, 3.05) is 19.1 Å². The van der Waals surface area contributed by atoms with Gasteiger partial charge in [0, 0.05) is 17.6 Å². The van der Waals surface area contributed by atoms with E-state index in [9.17, 15) is 4.79 Å². The molecular weight excluding hydrogens is 372 g/mol. The first-order chi connectivity index (χ1) is 11.2. The number of methoxy groups -OCH3 is 1. The molecule has 1 amide bonds. The van der Waals surface area contributed by atoms with E-state index in [4.69, 9.17) is 9.47 Å². The Hall–Kier alpha value is -2.08. The Labute approximate surface area is 150 Å². The number of halogens is 1. The molecule has 6 heteroatoms. The van der Waals surface area contributed by atoms with E-state index in [1.165, 1.54) is 12.0 Å². The molecular formula is C18H21BrN2O3. The number of rotatable bonds is 3. The van der Waals surface area contributed by atoms with Crippen molar-refractivity contribution in [1.29, 1.82) is 0 Å². The molecule has 0 fully saturated rings. The van der Waals surface area contributed by atoms with Gasteiger partial charge in [0.25, 0.3) is 0 Å². The molecule has 1 heterocycles. The number of nitrogens with zero attached hydrogens (tertiary/aromatic N) is 2. The number of ether oxygens (including phenoxy) is 2. The molecule has 1 aromatic heterocycles. The van der Waals surface area contributed by atoms with E-state index in [0.29, 0.717) is 17.4 Å². The van der Waals surface area contributed by atoms with E-state index in [-0.39, 0.29) is 5.41 Å². The molecule has 128 valence electrons. The van der Waals surface area contributed by atoms with Crippen LogP contribution in [0.1, 0.15) is 26.3 Å². The van der Waals surface area contributed by atoms with Gasteiger partial charge in [-0.1, -0.05) is 42.8 Å². The van der Waals surface area contributed by atoms with Crippen LogP contribution >= 0.6 is 15.9 Å². The normalized spacial score (nSPS) is 11.1. The molecule has 0 aliphatic carbocycles. The van der Waals surface area contributed by atoms with Gasteiger partial charge in [0.15, 0.2) is 0 Å². The Kier molecular flexibility index (Phi) is 5.49. The maximum Gasteiger partial charge on any atom is 0.420 e. The maximum absolute atomic E-state index is 12.4. The van der Waals surface area contributed by atoms with Crippen LogP contribution in [0.3, 0.4) is 0 Å². The number of hydrogen-bond acceptors (Lipinski definition) is 4. The zero-order chi connectivity index (χ0) is 17.9. The third-order valence-electron chi connectivity index (χ3n) is 3.49. The summed E-state index contributed by atoms with van der Waals surface area (Å²) in [6.07, 6.45) is -0.516. The fourth-order valence-electron chi connectivity index (χ4n) is 2.11. The van der Waals surface area contributed by atoms with Gasteiger partial charge in [-0.25, -0.2) is 4.79 Å². The number of anilines is 1. The molecule has 0 spiro atoms. The predicted molar refractivity (Wildman–Crippen MR) is 98.1 cm³/mol. The fourth-order valence-corrected chi connectivity index (χ4v) is 2.95. The zero-order valence-electron chi connectivity index (χ0n) is 14.5. The predicted octanol–water partition coefficient (Wildman–Crippen LogP) is 4.79. The molecule has 0 saturated carbocycles. The molecule has 0 saturated heterocycles. The van der Waals surface area contributed by atoms with Crippen LogP contribution in [-0.2, 0) is 5.41 Å². The summed E-state index contributed by atoms with van der Waals surface area (Å²) < 4.78 is 11.5. The van der Waals surface area contributed by atoms with Gasteiger partial charge in [-0.2, -0.15) is 4.98 Å². The van der Waals surface area contributed by atoms with Gasteiger partial charge >= 0.3 is 6.09 Å². The highest BCUT2D eigenvalue weighted by Gasteiger charge is 2.20. The molecule has 0 unspecified atom stereocenters. The smallest absolute Gasteiger partial charge is 0.420 e. The third-order valence-corrected chi connectivity index (χ3v) is 4.18. The van der Waals surface area contributed by atoms with Gasteiger partial charge in [-0.15, -0.1) is 0 Å². The van der Waals surface area contributed by atoms with Gasteiger partial charge in [-0.3, -0.25) is 4.90 Å². The second-order valence-electron chi connectivity index (χ2n) is 6.36. The summed E-state index contributed by atoms with van der Waals surface area (Å²) in [6.45, 7) is 6.31. The molecule has 0 aliphatic heterocycles. The number of pyridine rings is 1. The van der Waals surface area contributed by atoms with Crippen molar-refractivity contribution < 1.29 is 14.3 Å². The first kappa shape index (κ1) is 18.3. The van der Waals surface area contributed by atoms with E-state index in [1.807, 2.05) is 12.1 Å². The summed E-state index contributed by atoms with van der Waals surface area (Å²) in [7, 11) is 3.13. The van der Waals surface area contributed by atoms with Crippen LogP contribution in [0.5, 0.6) is 11.6 Å². The Morgan fingerprint density at radius 3 is 2.54 bits per heavy atom. The fraction of sp³-hybridized carbons (Fsp3) is 0.333. The van der Waals surface area contributed by atoms with E-state index in [1.54, 1.807) is 31.3 Å². The van der Waals surface area contributed by atoms with Crippen molar-refractivity contribution in [1.82, 2.24) is 4.98 Å². The van der Waals surface area contributed by atoms with E-state index in [2.05, 4.69) is 41.7 Å². The first-order valence-electron chi connectivity index (χ1n) is 7.49. The minimum atomic E-state index is -0.516. The van der Waals surface area contributed by atoms with Crippen LogP contribution in [0.25, 0.3) is 0 Å². The molecule has 0 radical (unpaired) electrons. The highest BCUT2D eigenvalue weighted by molar-refractivity contribution is 9.10. The Morgan fingerprint density at radius 1 is 1.21 bits per heavy atom. The lowest BCUT2D eigenvalue weighted by atomic mass is 9.87. The zero-order valence-corrected chi connectivity index (χ0v) is 16.0. The standard InChI is InChI=1S/C18H21BrN2O3/c1-18(2,3)13-11-12(9-10-14(13)19)24-17(22)21(4)15-7-6-8-16(20-15)23-5/h6-11H,1-5H3. The molecule has 0 bridgehead atoms. The van der Waals surface area contributed by atoms with Crippen molar-refractivity contribution in [3.63, 3.8) is 0 Å². The average molecular weight is 393 g/mol. The molecule has 0 N–H and O–H groups in total. The SMILES string of the molecule is COc1cccc(N(C)C(=O)Oc2ccc(Br)c(C(C)(C)C)c2)n1. The number of carbonyl (C=O) groups is 1. The summed E-state index contributed by atoms with van der Waals surface area (Å²) in [4.78, 5) is 17.9. The quantitative estimate of drug-likeness (QED) is 0.753. The Bertz CT molecular complexity index is 741. The average Bonchev–Trinajstić information content (AvgIpc) is 2.54. The van der Waals surface area contributed by atoms with Crippen LogP contribution in [0.15, 0.2) is 40.9 Å². The van der Waals surface area contributed by atoms with E-state index in [0.717, 1.165) is 10.0 Å². The topological polar surface area (TPSA) is 51.7 Å². The van der Waals surface area contributed by atoms with Crippen LogP contribution in [0.4, 0.5) is 10.6 Å². The molecule has 0 atom stereocenters. The first-order valence-corrected chi connectivity index (χ1v) is 8.28.